The van der Waals surface area contributed by atoms with E-state index < -0.39 is 0 Å². The summed E-state index contributed by atoms with van der Waals surface area (Å²) >= 11 is 9.73. The van der Waals surface area contributed by atoms with Gasteiger partial charge in [0, 0.05) is 4.90 Å². The minimum absolute atomic E-state index is 0.0703. The highest BCUT2D eigenvalue weighted by molar-refractivity contribution is 14.1. The Hall–Kier alpha value is -0.530. The van der Waals surface area contributed by atoms with E-state index in [9.17, 15) is 4.79 Å². The molecule has 0 aliphatic carbocycles. The van der Waals surface area contributed by atoms with E-state index in [0.717, 1.165) is 15.6 Å². The van der Waals surface area contributed by atoms with Crippen molar-refractivity contribution in [2.75, 3.05) is 0 Å². The fourth-order valence-electron chi connectivity index (χ4n) is 1.68. The normalized spacial score (nSPS) is 11.1. The largest absolute Gasteiger partial charge is 0.309 e. The second-order valence-corrected chi connectivity index (χ2v) is 7.09. The molecule has 0 bridgehead atoms. The third-order valence-corrected chi connectivity index (χ3v) is 5.25. The summed E-state index contributed by atoms with van der Waals surface area (Å²) in [5.41, 5.74) is 0.781. The summed E-state index contributed by atoms with van der Waals surface area (Å²) in [6.45, 7) is 4.07. The maximum atomic E-state index is 11.9. The molecule has 6 heteroatoms. The van der Waals surface area contributed by atoms with Crippen molar-refractivity contribution in [1.29, 1.82) is 0 Å². The van der Waals surface area contributed by atoms with E-state index in [1.165, 1.54) is 0 Å². The Bertz CT molecular complexity index is 672. The molecule has 1 heterocycles. The van der Waals surface area contributed by atoms with Crippen molar-refractivity contribution in [2.45, 2.75) is 30.4 Å². The molecule has 0 fully saturated rings. The molecule has 0 saturated carbocycles. The van der Waals surface area contributed by atoms with Crippen molar-refractivity contribution < 1.29 is 0 Å². The van der Waals surface area contributed by atoms with Crippen LogP contribution in [0.5, 0.6) is 0 Å². The SMILES string of the molecule is CC(C)c1nc(CSc2ccccc2Cl)[nH]c(=O)c1I. The molecular formula is C14H14ClIN2OS. The Kier molecular flexibility index (Phi) is 5.51. The standard InChI is InChI=1S/C14H14ClIN2OS/c1-8(2)13-12(16)14(19)18-11(17-13)7-20-10-6-4-3-5-9(10)15/h3-6,8H,7H2,1-2H3,(H,17,18,19). The van der Waals surface area contributed by atoms with Crippen molar-refractivity contribution in [3.63, 3.8) is 0 Å². The van der Waals surface area contributed by atoms with E-state index in [0.29, 0.717) is 15.1 Å². The highest BCUT2D eigenvalue weighted by Crippen LogP contribution is 2.28. The molecule has 0 atom stereocenters. The molecule has 2 aromatic rings. The van der Waals surface area contributed by atoms with Gasteiger partial charge in [0.25, 0.3) is 5.56 Å². The summed E-state index contributed by atoms with van der Waals surface area (Å²) in [7, 11) is 0. The predicted octanol–water partition coefficient (Wildman–Crippen LogP) is 4.44. The van der Waals surface area contributed by atoms with Crippen LogP contribution >= 0.6 is 46.0 Å². The molecule has 0 unspecified atom stereocenters. The second-order valence-electron chi connectivity index (χ2n) is 4.59. The fraction of sp³-hybridized carbons (Fsp3) is 0.286. The van der Waals surface area contributed by atoms with Gasteiger partial charge in [0.1, 0.15) is 5.82 Å². The van der Waals surface area contributed by atoms with Gasteiger partial charge in [-0.3, -0.25) is 4.79 Å². The molecule has 3 nitrogen and oxygen atoms in total. The van der Waals surface area contributed by atoms with Crippen LogP contribution in [0.4, 0.5) is 0 Å². The first-order chi connectivity index (χ1) is 9.49. The molecule has 0 spiro atoms. The fourth-order valence-corrected chi connectivity index (χ4v) is 3.67. The summed E-state index contributed by atoms with van der Waals surface area (Å²) in [6.07, 6.45) is 0. The first-order valence-corrected chi connectivity index (χ1v) is 8.59. The van der Waals surface area contributed by atoms with Crippen LogP contribution in [-0.2, 0) is 5.75 Å². The first-order valence-electron chi connectivity index (χ1n) is 6.15. The minimum atomic E-state index is -0.0703. The van der Waals surface area contributed by atoms with Gasteiger partial charge in [-0.1, -0.05) is 37.6 Å². The lowest BCUT2D eigenvalue weighted by atomic mass is 10.1. The number of benzene rings is 1. The summed E-state index contributed by atoms with van der Waals surface area (Å²) in [4.78, 5) is 20.3. The van der Waals surface area contributed by atoms with E-state index in [1.54, 1.807) is 11.8 Å². The maximum absolute atomic E-state index is 11.9. The Labute approximate surface area is 140 Å². The van der Waals surface area contributed by atoms with Crippen LogP contribution in [-0.4, -0.2) is 9.97 Å². The molecule has 20 heavy (non-hydrogen) atoms. The van der Waals surface area contributed by atoms with Gasteiger partial charge in [-0.05, 0) is 40.6 Å². The van der Waals surface area contributed by atoms with Crippen LogP contribution in [0.3, 0.4) is 0 Å². The quantitative estimate of drug-likeness (QED) is 0.587. The second kappa shape index (κ2) is 6.95. The van der Waals surface area contributed by atoms with Gasteiger partial charge in [-0.15, -0.1) is 11.8 Å². The van der Waals surface area contributed by atoms with Gasteiger partial charge in [-0.2, -0.15) is 0 Å². The number of halogens is 2. The molecule has 1 aromatic heterocycles. The monoisotopic (exact) mass is 420 g/mol. The van der Waals surface area contributed by atoms with Crippen molar-refractivity contribution in [1.82, 2.24) is 9.97 Å². The van der Waals surface area contributed by atoms with Gasteiger partial charge in [0.2, 0.25) is 0 Å². The van der Waals surface area contributed by atoms with Crippen LogP contribution in [0, 0.1) is 3.57 Å². The summed E-state index contributed by atoms with van der Waals surface area (Å²) < 4.78 is 0.670. The van der Waals surface area contributed by atoms with Crippen LogP contribution in [0.25, 0.3) is 0 Å². The maximum Gasteiger partial charge on any atom is 0.264 e. The number of aromatic amines is 1. The van der Waals surface area contributed by atoms with Crippen LogP contribution in [0.15, 0.2) is 34.0 Å². The number of nitrogens with zero attached hydrogens (tertiary/aromatic N) is 1. The van der Waals surface area contributed by atoms with Gasteiger partial charge >= 0.3 is 0 Å². The third kappa shape index (κ3) is 3.77. The van der Waals surface area contributed by atoms with Crippen molar-refractivity contribution in [2.24, 2.45) is 0 Å². The summed E-state index contributed by atoms with van der Waals surface area (Å²) in [6, 6.07) is 7.65. The highest BCUT2D eigenvalue weighted by Gasteiger charge is 2.12. The van der Waals surface area contributed by atoms with E-state index in [1.807, 2.05) is 60.7 Å². The number of nitrogens with one attached hydrogen (secondary N) is 1. The lowest BCUT2D eigenvalue weighted by Gasteiger charge is -2.09. The zero-order chi connectivity index (χ0) is 14.7. The molecule has 106 valence electrons. The average Bonchev–Trinajstić information content (AvgIpc) is 2.41. The number of thioether (sulfide) groups is 1. The zero-order valence-corrected chi connectivity index (χ0v) is 14.8. The van der Waals surface area contributed by atoms with Crippen molar-refractivity contribution >= 4 is 46.0 Å². The van der Waals surface area contributed by atoms with E-state index in [2.05, 4.69) is 9.97 Å². The molecule has 1 aromatic carbocycles. The van der Waals surface area contributed by atoms with Crippen LogP contribution < -0.4 is 5.56 Å². The molecule has 0 amide bonds. The van der Waals surface area contributed by atoms with Gasteiger partial charge < -0.3 is 4.98 Å². The van der Waals surface area contributed by atoms with Gasteiger partial charge in [-0.25, -0.2) is 4.98 Å². The Morgan fingerprint density at radius 1 is 1.40 bits per heavy atom. The molecule has 0 saturated heterocycles. The predicted molar refractivity (Wildman–Crippen MR) is 92.7 cm³/mol. The van der Waals surface area contributed by atoms with Gasteiger partial charge in [0.05, 0.1) is 20.0 Å². The van der Waals surface area contributed by atoms with E-state index in [-0.39, 0.29) is 11.5 Å². The van der Waals surface area contributed by atoms with Crippen molar-refractivity contribution in [3.05, 3.63) is 54.7 Å². The Morgan fingerprint density at radius 3 is 2.75 bits per heavy atom. The number of H-pyrrole nitrogens is 1. The number of hydrogen-bond donors (Lipinski definition) is 1. The Balaban J connectivity index is 2.23. The van der Waals surface area contributed by atoms with E-state index >= 15 is 0 Å². The summed E-state index contributed by atoms with van der Waals surface area (Å²) in [5, 5.41) is 0.717. The average molecular weight is 421 g/mol. The zero-order valence-electron chi connectivity index (χ0n) is 11.1. The number of aromatic nitrogens is 2. The van der Waals surface area contributed by atoms with Crippen molar-refractivity contribution in [3.8, 4) is 0 Å². The molecule has 0 radical (unpaired) electrons. The lowest BCUT2D eigenvalue weighted by Crippen LogP contribution is -2.18. The molecular weight excluding hydrogens is 407 g/mol. The smallest absolute Gasteiger partial charge is 0.264 e. The third-order valence-electron chi connectivity index (χ3n) is 2.69. The Morgan fingerprint density at radius 2 is 2.10 bits per heavy atom. The molecule has 2 rings (SSSR count). The van der Waals surface area contributed by atoms with E-state index in [4.69, 9.17) is 11.6 Å². The van der Waals surface area contributed by atoms with Crippen LogP contribution in [0.2, 0.25) is 5.02 Å². The summed E-state index contributed by atoms with van der Waals surface area (Å²) in [5.74, 6) is 1.51. The molecule has 0 aliphatic heterocycles. The highest BCUT2D eigenvalue weighted by atomic mass is 127. The number of rotatable bonds is 4. The topological polar surface area (TPSA) is 45.8 Å². The van der Waals surface area contributed by atoms with Crippen LogP contribution in [0.1, 0.15) is 31.3 Å². The molecule has 0 aliphatic rings. The van der Waals surface area contributed by atoms with Gasteiger partial charge in [0.15, 0.2) is 0 Å². The molecule has 1 N–H and O–H groups in total. The first kappa shape index (κ1) is 15.9. The minimum Gasteiger partial charge on any atom is -0.309 e. The number of hydrogen-bond acceptors (Lipinski definition) is 3. The lowest BCUT2D eigenvalue weighted by molar-refractivity contribution is 0.783.